The third kappa shape index (κ3) is 14.3. The number of hydrogen-bond acceptors (Lipinski definition) is 7. The molecule has 3 atom stereocenters. The second-order valence-electron chi connectivity index (χ2n) is 9.72. The van der Waals surface area contributed by atoms with Gasteiger partial charge in [-0.1, -0.05) is 13.8 Å². The van der Waals surface area contributed by atoms with Gasteiger partial charge in [0.1, 0.15) is 23.5 Å². The van der Waals surface area contributed by atoms with Crippen molar-refractivity contribution in [1.29, 1.82) is 0 Å². The first-order chi connectivity index (χ1) is 14.0. The topological polar surface area (TPSA) is 143 Å². The van der Waals surface area contributed by atoms with Crippen LogP contribution in [0, 0.1) is 5.92 Å². The van der Waals surface area contributed by atoms with Crippen LogP contribution in [0.4, 0.5) is 9.59 Å². The fraction of sp³-hybridized carbons (Fsp3) is 0.810. The lowest BCUT2D eigenvalue weighted by atomic mass is 10.0. The normalized spacial score (nSPS) is 14.8. The van der Waals surface area contributed by atoms with Crippen LogP contribution in [0.2, 0.25) is 0 Å². The molecule has 0 aromatic rings. The predicted molar refractivity (Wildman–Crippen MR) is 115 cm³/mol. The summed E-state index contributed by atoms with van der Waals surface area (Å²) in [6, 6.07) is -1.87. The minimum Gasteiger partial charge on any atom is -0.444 e. The number of nitrogens with one attached hydrogen (secondary N) is 3. The highest BCUT2D eigenvalue weighted by Gasteiger charge is 2.28. The molecule has 0 rings (SSSR count). The number of ether oxygens (including phenoxy) is 2. The Labute approximate surface area is 184 Å². The fourth-order valence-corrected chi connectivity index (χ4v) is 2.35. The molecule has 10 heteroatoms. The van der Waals surface area contributed by atoms with Crippen molar-refractivity contribution in [1.82, 2.24) is 16.0 Å². The Morgan fingerprint density at radius 3 is 1.90 bits per heavy atom. The van der Waals surface area contributed by atoms with Crippen LogP contribution < -0.4 is 16.0 Å². The van der Waals surface area contributed by atoms with E-state index in [1.165, 1.54) is 0 Å². The van der Waals surface area contributed by atoms with Crippen molar-refractivity contribution in [2.75, 3.05) is 6.54 Å². The van der Waals surface area contributed by atoms with Crippen molar-refractivity contribution < 1.29 is 33.8 Å². The molecule has 0 aromatic carbocycles. The van der Waals surface area contributed by atoms with Crippen LogP contribution >= 0.6 is 0 Å². The van der Waals surface area contributed by atoms with Gasteiger partial charge in [-0.05, 0) is 53.9 Å². The SMILES string of the molecule is CC(C)[C@@H](C=O)NC(=O)[C@H](C[C@@H](O)CCNC(=O)OC(C)(C)C)NC(=O)OC(C)(C)C. The van der Waals surface area contributed by atoms with Crippen molar-refractivity contribution in [3.63, 3.8) is 0 Å². The molecule has 4 N–H and O–H groups in total. The molecule has 0 saturated heterocycles. The van der Waals surface area contributed by atoms with Gasteiger partial charge in [0, 0.05) is 13.0 Å². The second-order valence-corrected chi connectivity index (χ2v) is 9.72. The van der Waals surface area contributed by atoms with Crippen LogP contribution in [-0.4, -0.2) is 65.4 Å². The highest BCUT2D eigenvalue weighted by Crippen LogP contribution is 2.10. The maximum Gasteiger partial charge on any atom is 0.408 e. The molecule has 0 aliphatic carbocycles. The van der Waals surface area contributed by atoms with E-state index in [1.54, 1.807) is 55.4 Å². The van der Waals surface area contributed by atoms with Crippen LogP contribution in [0.25, 0.3) is 0 Å². The maximum atomic E-state index is 12.7. The van der Waals surface area contributed by atoms with Gasteiger partial charge in [-0.3, -0.25) is 4.79 Å². The number of aldehydes is 1. The first-order valence-corrected chi connectivity index (χ1v) is 10.4. The van der Waals surface area contributed by atoms with Crippen molar-refractivity contribution in [2.24, 2.45) is 5.92 Å². The van der Waals surface area contributed by atoms with Gasteiger partial charge in [-0.2, -0.15) is 0 Å². The molecule has 0 bridgehead atoms. The number of aliphatic hydroxyl groups is 1. The summed E-state index contributed by atoms with van der Waals surface area (Å²) in [4.78, 5) is 47.7. The molecule has 0 aliphatic rings. The van der Waals surface area contributed by atoms with Gasteiger partial charge in [0.2, 0.25) is 5.91 Å². The van der Waals surface area contributed by atoms with Gasteiger partial charge < -0.3 is 35.3 Å². The van der Waals surface area contributed by atoms with E-state index in [-0.39, 0.29) is 25.3 Å². The van der Waals surface area contributed by atoms with E-state index in [0.29, 0.717) is 6.29 Å². The number of carbonyl (C=O) groups is 4. The van der Waals surface area contributed by atoms with Crippen molar-refractivity contribution in [2.45, 2.75) is 97.6 Å². The van der Waals surface area contributed by atoms with Crippen LogP contribution in [0.1, 0.15) is 68.2 Å². The minimum absolute atomic E-state index is 0.111. The summed E-state index contributed by atoms with van der Waals surface area (Å²) in [7, 11) is 0. The lowest BCUT2D eigenvalue weighted by molar-refractivity contribution is -0.127. The highest BCUT2D eigenvalue weighted by molar-refractivity contribution is 5.87. The van der Waals surface area contributed by atoms with Gasteiger partial charge in [-0.15, -0.1) is 0 Å². The molecule has 0 saturated carbocycles. The van der Waals surface area contributed by atoms with E-state index in [1.807, 2.05) is 0 Å². The minimum atomic E-state index is -1.13. The molecule has 0 unspecified atom stereocenters. The summed E-state index contributed by atoms with van der Waals surface area (Å²) in [6.45, 7) is 13.9. The number of carbonyl (C=O) groups excluding carboxylic acids is 4. The molecular weight excluding hydrogens is 406 g/mol. The zero-order chi connectivity index (χ0) is 24.4. The number of aliphatic hydroxyl groups excluding tert-OH is 1. The van der Waals surface area contributed by atoms with E-state index < -0.39 is 47.5 Å². The first-order valence-electron chi connectivity index (χ1n) is 10.4. The molecule has 0 fully saturated rings. The zero-order valence-electron chi connectivity index (χ0n) is 19.9. The summed E-state index contributed by atoms with van der Waals surface area (Å²) in [6.07, 6.45) is -1.85. The van der Waals surface area contributed by atoms with Crippen LogP contribution in [-0.2, 0) is 19.1 Å². The van der Waals surface area contributed by atoms with E-state index in [4.69, 9.17) is 9.47 Å². The molecular formula is C21H39N3O7. The molecule has 10 nitrogen and oxygen atoms in total. The Hall–Kier alpha value is -2.36. The second kappa shape index (κ2) is 12.5. The fourth-order valence-electron chi connectivity index (χ4n) is 2.35. The highest BCUT2D eigenvalue weighted by atomic mass is 16.6. The first kappa shape index (κ1) is 28.6. The molecule has 0 aliphatic heterocycles. The smallest absolute Gasteiger partial charge is 0.408 e. The molecule has 0 heterocycles. The number of amides is 3. The van der Waals surface area contributed by atoms with Gasteiger partial charge in [-0.25, -0.2) is 9.59 Å². The Morgan fingerprint density at radius 1 is 0.935 bits per heavy atom. The van der Waals surface area contributed by atoms with Gasteiger partial charge in [0.25, 0.3) is 0 Å². The Bertz CT molecular complexity index is 609. The summed E-state index contributed by atoms with van der Waals surface area (Å²) < 4.78 is 10.3. The monoisotopic (exact) mass is 445 g/mol. The van der Waals surface area contributed by atoms with E-state index in [2.05, 4.69) is 16.0 Å². The standard InChI is InChI=1S/C21H39N3O7/c1-13(2)16(12-25)23-17(27)15(24-19(29)31-21(6,7)8)11-14(26)9-10-22-18(28)30-20(3,4)5/h12-16,26H,9-11H2,1-8H3,(H,22,28)(H,23,27)(H,24,29)/t14-,15-,16+/m0/s1. The van der Waals surface area contributed by atoms with Crippen LogP contribution in [0.3, 0.4) is 0 Å². The third-order valence-electron chi connectivity index (χ3n) is 3.83. The Kier molecular flexibility index (Phi) is 11.5. The van der Waals surface area contributed by atoms with Crippen molar-refractivity contribution >= 4 is 24.4 Å². The van der Waals surface area contributed by atoms with Crippen molar-refractivity contribution in [3.8, 4) is 0 Å². The summed E-state index contributed by atoms with van der Waals surface area (Å²) in [5.41, 5.74) is -1.42. The summed E-state index contributed by atoms with van der Waals surface area (Å²) in [5.74, 6) is -0.762. The molecule has 0 spiro atoms. The average molecular weight is 446 g/mol. The van der Waals surface area contributed by atoms with E-state index in [0.717, 1.165) is 0 Å². The maximum absolute atomic E-state index is 12.7. The van der Waals surface area contributed by atoms with Gasteiger partial charge >= 0.3 is 12.2 Å². The van der Waals surface area contributed by atoms with Crippen LogP contribution in [0.15, 0.2) is 0 Å². The largest absolute Gasteiger partial charge is 0.444 e. The number of alkyl carbamates (subject to hydrolysis) is 2. The molecule has 31 heavy (non-hydrogen) atoms. The molecule has 0 radical (unpaired) electrons. The quantitative estimate of drug-likeness (QED) is 0.376. The van der Waals surface area contributed by atoms with E-state index >= 15 is 0 Å². The van der Waals surface area contributed by atoms with Gasteiger partial charge in [0.15, 0.2) is 0 Å². The van der Waals surface area contributed by atoms with E-state index in [9.17, 15) is 24.3 Å². The summed E-state index contributed by atoms with van der Waals surface area (Å²) >= 11 is 0. The third-order valence-corrected chi connectivity index (χ3v) is 3.83. The Balaban J connectivity index is 4.99. The zero-order valence-corrected chi connectivity index (χ0v) is 19.9. The summed E-state index contributed by atoms with van der Waals surface area (Å²) in [5, 5.41) is 17.9. The lowest BCUT2D eigenvalue weighted by Crippen LogP contribution is -2.53. The number of rotatable bonds is 10. The lowest BCUT2D eigenvalue weighted by Gasteiger charge is -2.26. The molecule has 180 valence electrons. The molecule has 0 aromatic heterocycles. The van der Waals surface area contributed by atoms with Crippen LogP contribution in [0.5, 0.6) is 0 Å². The molecule has 3 amide bonds. The average Bonchev–Trinajstić information content (AvgIpc) is 2.55. The number of hydrogen-bond donors (Lipinski definition) is 4. The van der Waals surface area contributed by atoms with Crippen molar-refractivity contribution in [3.05, 3.63) is 0 Å². The van der Waals surface area contributed by atoms with Gasteiger partial charge in [0.05, 0.1) is 12.1 Å². The predicted octanol–water partition coefficient (Wildman–Crippen LogP) is 1.89. The Morgan fingerprint density at radius 2 is 1.45 bits per heavy atom.